The van der Waals surface area contributed by atoms with Gasteiger partial charge >= 0.3 is 0 Å². The highest BCUT2D eigenvalue weighted by molar-refractivity contribution is 7.98. The quantitative estimate of drug-likeness (QED) is 0.484. The molecule has 2 nitrogen and oxygen atoms in total. The first kappa shape index (κ1) is 14.3. The molecule has 0 amide bonds. The highest BCUT2D eigenvalue weighted by Crippen LogP contribution is 2.32. The lowest BCUT2D eigenvalue weighted by atomic mass is 10.1. The summed E-state index contributed by atoms with van der Waals surface area (Å²) in [7, 11) is 0. The molecule has 1 aromatic heterocycles. The fourth-order valence-corrected chi connectivity index (χ4v) is 3.05. The van der Waals surface area contributed by atoms with E-state index in [9.17, 15) is 4.39 Å². The van der Waals surface area contributed by atoms with Crippen LogP contribution in [0.4, 0.5) is 4.39 Å². The molecular weight excluding hydrogens is 307 g/mol. The smallest absolute Gasteiger partial charge is 0.162 e. The third kappa shape index (κ3) is 2.49. The number of thioether (sulfide) groups is 1. The van der Waals surface area contributed by atoms with Gasteiger partial charge in [-0.05, 0) is 31.4 Å². The van der Waals surface area contributed by atoms with E-state index in [1.54, 1.807) is 24.8 Å². The SMILES string of the molecule is CSc1ccccc1-c1nc(Cl)c2ccc(F)c(C)c2n1. The number of benzene rings is 2. The summed E-state index contributed by atoms with van der Waals surface area (Å²) in [5.41, 5.74) is 1.94. The van der Waals surface area contributed by atoms with Crippen molar-refractivity contribution in [2.45, 2.75) is 11.8 Å². The third-order valence-corrected chi connectivity index (χ3v) is 4.44. The molecule has 0 radical (unpaired) electrons. The fourth-order valence-electron chi connectivity index (χ4n) is 2.22. The molecule has 2 aromatic carbocycles. The van der Waals surface area contributed by atoms with Crippen molar-refractivity contribution < 1.29 is 4.39 Å². The van der Waals surface area contributed by atoms with E-state index in [-0.39, 0.29) is 5.82 Å². The van der Waals surface area contributed by atoms with Gasteiger partial charge in [0.2, 0.25) is 0 Å². The number of hydrogen-bond acceptors (Lipinski definition) is 3. The van der Waals surface area contributed by atoms with E-state index in [1.807, 2.05) is 30.5 Å². The van der Waals surface area contributed by atoms with Crippen LogP contribution in [0.1, 0.15) is 5.56 Å². The average Bonchev–Trinajstić information content (AvgIpc) is 2.51. The number of aryl methyl sites for hydroxylation is 1. The molecular formula is C16H12ClFN2S. The molecule has 0 aliphatic carbocycles. The first-order valence-corrected chi connectivity index (χ1v) is 7.98. The van der Waals surface area contributed by atoms with Crippen molar-refractivity contribution in [3.63, 3.8) is 0 Å². The number of hydrogen-bond donors (Lipinski definition) is 0. The molecule has 5 heteroatoms. The fraction of sp³-hybridized carbons (Fsp3) is 0.125. The molecule has 0 N–H and O–H groups in total. The second-order valence-corrected chi connectivity index (χ2v) is 5.81. The van der Waals surface area contributed by atoms with E-state index in [4.69, 9.17) is 11.6 Å². The minimum absolute atomic E-state index is 0.290. The zero-order valence-electron chi connectivity index (χ0n) is 11.5. The standard InChI is InChI=1S/C16H12ClFN2S/c1-9-12(18)8-7-11-14(9)19-16(20-15(11)17)10-5-3-4-6-13(10)21-2/h3-8H,1-2H3. The zero-order valence-corrected chi connectivity index (χ0v) is 13.1. The maximum absolute atomic E-state index is 13.8. The molecule has 1 heterocycles. The Morgan fingerprint density at radius 3 is 2.62 bits per heavy atom. The summed E-state index contributed by atoms with van der Waals surface area (Å²) in [6.07, 6.45) is 1.99. The van der Waals surface area contributed by atoms with Crippen molar-refractivity contribution in [1.29, 1.82) is 0 Å². The number of halogens is 2. The highest BCUT2D eigenvalue weighted by atomic mass is 35.5. The molecule has 0 atom stereocenters. The Balaban J connectivity index is 2.32. The molecule has 106 valence electrons. The van der Waals surface area contributed by atoms with Crippen molar-refractivity contribution >= 4 is 34.3 Å². The second-order valence-electron chi connectivity index (χ2n) is 4.61. The van der Waals surface area contributed by atoms with Crippen molar-refractivity contribution in [1.82, 2.24) is 9.97 Å². The van der Waals surface area contributed by atoms with Gasteiger partial charge in [-0.25, -0.2) is 14.4 Å². The molecule has 0 saturated carbocycles. The Kier molecular flexibility index (Phi) is 3.83. The van der Waals surface area contributed by atoms with Gasteiger partial charge in [-0.3, -0.25) is 0 Å². The highest BCUT2D eigenvalue weighted by Gasteiger charge is 2.13. The van der Waals surface area contributed by atoms with Gasteiger partial charge in [-0.2, -0.15) is 0 Å². The predicted molar refractivity (Wildman–Crippen MR) is 86.5 cm³/mol. The summed E-state index contributed by atoms with van der Waals surface area (Å²) >= 11 is 7.86. The summed E-state index contributed by atoms with van der Waals surface area (Å²) in [5, 5.41) is 1.01. The van der Waals surface area contributed by atoms with Gasteiger partial charge in [-0.1, -0.05) is 29.8 Å². The molecule has 0 fully saturated rings. The zero-order chi connectivity index (χ0) is 15.0. The molecule has 3 rings (SSSR count). The van der Waals surface area contributed by atoms with Crippen molar-refractivity contribution in [3.8, 4) is 11.4 Å². The Hall–Kier alpha value is -1.65. The summed E-state index contributed by atoms with van der Waals surface area (Å²) < 4.78 is 13.8. The van der Waals surface area contributed by atoms with Crippen LogP contribution < -0.4 is 0 Å². The van der Waals surface area contributed by atoms with E-state index in [0.29, 0.717) is 27.4 Å². The Bertz CT molecular complexity index is 836. The molecule has 0 aliphatic heterocycles. The maximum Gasteiger partial charge on any atom is 0.162 e. The maximum atomic E-state index is 13.8. The van der Waals surface area contributed by atoms with E-state index < -0.39 is 0 Å². The van der Waals surface area contributed by atoms with E-state index in [0.717, 1.165) is 10.5 Å². The molecule has 21 heavy (non-hydrogen) atoms. The first-order valence-electron chi connectivity index (χ1n) is 6.37. The van der Waals surface area contributed by atoms with Gasteiger partial charge < -0.3 is 0 Å². The molecule has 0 saturated heterocycles. The molecule has 3 aromatic rings. The van der Waals surface area contributed by atoms with Crippen LogP contribution in [-0.2, 0) is 0 Å². The number of nitrogens with zero attached hydrogens (tertiary/aromatic N) is 2. The number of aromatic nitrogens is 2. The Morgan fingerprint density at radius 2 is 1.86 bits per heavy atom. The minimum atomic E-state index is -0.290. The Labute approximate surface area is 131 Å². The van der Waals surface area contributed by atoms with Crippen LogP contribution in [0.5, 0.6) is 0 Å². The van der Waals surface area contributed by atoms with Crippen LogP contribution in [0.2, 0.25) is 5.15 Å². The molecule has 0 bridgehead atoms. The van der Waals surface area contributed by atoms with Crippen LogP contribution in [0.15, 0.2) is 41.3 Å². The van der Waals surface area contributed by atoms with Gasteiger partial charge in [0.25, 0.3) is 0 Å². The average molecular weight is 319 g/mol. The van der Waals surface area contributed by atoms with E-state index >= 15 is 0 Å². The van der Waals surface area contributed by atoms with Crippen molar-refractivity contribution in [3.05, 3.63) is 52.9 Å². The lowest BCUT2D eigenvalue weighted by molar-refractivity contribution is 0.620. The number of fused-ring (bicyclic) bond motifs is 1. The summed E-state index contributed by atoms with van der Waals surface area (Å²) in [5.74, 6) is 0.229. The van der Waals surface area contributed by atoms with Crippen molar-refractivity contribution in [2.75, 3.05) is 6.26 Å². The predicted octanol–water partition coefficient (Wildman–Crippen LogP) is 5.12. The van der Waals surface area contributed by atoms with Gasteiger partial charge in [-0.15, -0.1) is 11.8 Å². The summed E-state index contributed by atoms with van der Waals surface area (Å²) in [4.78, 5) is 9.95. The third-order valence-electron chi connectivity index (χ3n) is 3.36. The normalized spacial score (nSPS) is 11.0. The molecule has 0 spiro atoms. The van der Waals surface area contributed by atoms with Crippen LogP contribution >= 0.6 is 23.4 Å². The largest absolute Gasteiger partial charge is 0.227 e. The number of rotatable bonds is 2. The van der Waals surface area contributed by atoms with E-state index in [2.05, 4.69) is 9.97 Å². The first-order chi connectivity index (χ1) is 10.1. The molecule has 0 aliphatic rings. The van der Waals surface area contributed by atoms with E-state index in [1.165, 1.54) is 6.07 Å². The second kappa shape index (κ2) is 5.62. The minimum Gasteiger partial charge on any atom is -0.227 e. The van der Waals surface area contributed by atoms with Crippen molar-refractivity contribution in [2.24, 2.45) is 0 Å². The van der Waals surface area contributed by atoms with Gasteiger partial charge in [0, 0.05) is 21.4 Å². The van der Waals surface area contributed by atoms with Crippen LogP contribution in [-0.4, -0.2) is 16.2 Å². The van der Waals surface area contributed by atoms with Crippen LogP contribution in [0.3, 0.4) is 0 Å². The summed E-state index contributed by atoms with van der Waals surface area (Å²) in [6.45, 7) is 1.70. The lowest BCUT2D eigenvalue weighted by Crippen LogP contribution is -1.96. The topological polar surface area (TPSA) is 25.8 Å². The monoisotopic (exact) mass is 318 g/mol. The van der Waals surface area contributed by atoms with Crippen LogP contribution in [0, 0.1) is 12.7 Å². The molecule has 0 unspecified atom stereocenters. The summed E-state index contributed by atoms with van der Waals surface area (Å²) in [6, 6.07) is 10.8. The van der Waals surface area contributed by atoms with Gasteiger partial charge in [0.15, 0.2) is 5.82 Å². The van der Waals surface area contributed by atoms with Gasteiger partial charge in [0.1, 0.15) is 11.0 Å². The van der Waals surface area contributed by atoms with Crippen LogP contribution in [0.25, 0.3) is 22.3 Å². The Morgan fingerprint density at radius 1 is 1.10 bits per heavy atom. The van der Waals surface area contributed by atoms with Gasteiger partial charge in [0.05, 0.1) is 5.52 Å². The lowest BCUT2D eigenvalue weighted by Gasteiger charge is -2.09.